The summed E-state index contributed by atoms with van der Waals surface area (Å²) in [6.45, 7) is 6.41. The van der Waals surface area contributed by atoms with E-state index < -0.39 is 16.7 Å². The second-order valence-corrected chi connectivity index (χ2v) is 7.22. The van der Waals surface area contributed by atoms with E-state index in [4.69, 9.17) is 4.74 Å². The summed E-state index contributed by atoms with van der Waals surface area (Å²) in [6.07, 6.45) is 0. The fraction of sp³-hybridized carbons (Fsp3) is 0.273. The number of hydrogen-bond donors (Lipinski definition) is 1. The lowest BCUT2D eigenvalue weighted by atomic mass is 10.0. The van der Waals surface area contributed by atoms with Crippen molar-refractivity contribution in [1.82, 2.24) is 4.90 Å². The molecule has 1 N–H and O–H groups in total. The molecule has 0 fully saturated rings. The number of nitrogens with zero attached hydrogens (tertiary/aromatic N) is 2. The molecule has 156 valence electrons. The number of carbonyl (C=O) groups is 2. The smallest absolute Gasteiger partial charge is 0.278 e. The molecule has 3 rings (SSSR count). The van der Waals surface area contributed by atoms with Gasteiger partial charge >= 0.3 is 0 Å². The van der Waals surface area contributed by atoms with Crippen molar-refractivity contribution in [1.29, 1.82) is 0 Å². The number of benzene rings is 2. The average molecular weight is 409 g/mol. The SMILES string of the molecule is CCOc1ccccc1NC1=C(c2ccc([N+](=O)[O-])cc2)C(=O)N(CC(C)C)C1=O. The Balaban J connectivity index is 2.08. The van der Waals surface area contributed by atoms with E-state index in [1.165, 1.54) is 29.2 Å². The fourth-order valence-corrected chi connectivity index (χ4v) is 3.23. The molecule has 0 radical (unpaired) electrons. The second kappa shape index (κ2) is 8.77. The Kier molecular flexibility index (Phi) is 6.15. The van der Waals surface area contributed by atoms with Crippen LogP contribution < -0.4 is 10.1 Å². The van der Waals surface area contributed by atoms with Gasteiger partial charge in [0.1, 0.15) is 11.4 Å². The number of hydrogen-bond acceptors (Lipinski definition) is 6. The summed E-state index contributed by atoms with van der Waals surface area (Å²) in [5.41, 5.74) is 1.21. The number of carbonyl (C=O) groups excluding carboxylic acids is 2. The average Bonchev–Trinajstić information content (AvgIpc) is 2.93. The lowest BCUT2D eigenvalue weighted by molar-refractivity contribution is -0.384. The molecule has 0 unspecified atom stereocenters. The van der Waals surface area contributed by atoms with Gasteiger partial charge in [-0.15, -0.1) is 0 Å². The second-order valence-electron chi connectivity index (χ2n) is 7.22. The highest BCUT2D eigenvalue weighted by atomic mass is 16.6. The van der Waals surface area contributed by atoms with Crippen LogP contribution in [0.2, 0.25) is 0 Å². The zero-order valence-electron chi connectivity index (χ0n) is 17.0. The van der Waals surface area contributed by atoms with Gasteiger partial charge in [0.05, 0.1) is 22.8 Å². The fourth-order valence-electron chi connectivity index (χ4n) is 3.23. The molecular formula is C22H23N3O5. The summed E-state index contributed by atoms with van der Waals surface area (Å²) >= 11 is 0. The molecule has 0 saturated carbocycles. The molecule has 1 heterocycles. The highest BCUT2D eigenvalue weighted by molar-refractivity contribution is 6.36. The maximum absolute atomic E-state index is 13.1. The van der Waals surface area contributed by atoms with Crippen LogP contribution in [0.4, 0.5) is 11.4 Å². The first kappa shape index (κ1) is 21.0. The van der Waals surface area contributed by atoms with Gasteiger partial charge in [-0.2, -0.15) is 0 Å². The minimum Gasteiger partial charge on any atom is -0.492 e. The van der Waals surface area contributed by atoms with Gasteiger partial charge in [0.2, 0.25) is 0 Å². The number of nitro groups is 1. The first-order valence-corrected chi connectivity index (χ1v) is 9.67. The number of rotatable bonds is 8. The van der Waals surface area contributed by atoms with Crippen LogP contribution in [0.15, 0.2) is 54.2 Å². The molecule has 2 amide bonds. The van der Waals surface area contributed by atoms with Gasteiger partial charge in [-0.05, 0) is 42.7 Å². The van der Waals surface area contributed by atoms with Crippen molar-refractivity contribution in [2.24, 2.45) is 5.92 Å². The first-order chi connectivity index (χ1) is 14.3. The minimum atomic E-state index is -0.512. The quantitative estimate of drug-likeness (QED) is 0.404. The topological polar surface area (TPSA) is 102 Å². The number of para-hydroxylation sites is 2. The Labute approximate surface area is 174 Å². The van der Waals surface area contributed by atoms with Crippen molar-refractivity contribution in [2.75, 3.05) is 18.5 Å². The van der Waals surface area contributed by atoms with Crippen LogP contribution in [0, 0.1) is 16.0 Å². The van der Waals surface area contributed by atoms with Crippen LogP contribution >= 0.6 is 0 Å². The molecule has 1 aliphatic rings. The van der Waals surface area contributed by atoms with Crippen LogP contribution in [0.25, 0.3) is 5.57 Å². The zero-order valence-corrected chi connectivity index (χ0v) is 17.0. The molecule has 8 nitrogen and oxygen atoms in total. The van der Waals surface area contributed by atoms with Gasteiger partial charge in [0.15, 0.2) is 0 Å². The molecule has 0 spiro atoms. The molecule has 1 aliphatic heterocycles. The number of amides is 2. The van der Waals surface area contributed by atoms with E-state index in [1.54, 1.807) is 18.2 Å². The number of non-ortho nitro benzene ring substituents is 1. The zero-order chi connectivity index (χ0) is 21.8. The first-order valence-electron chi connectivity index (χ1n) is 9.67. The third-order valence-electron chi connectivity index (χ3n) is 4.53. The van der Waals surface area contributed by atoms with E-state index in [1.807, 2.05) is 26.8 Å². The Hall–Kier alpha value is -3.68. The number of imide groups is 1. The molecule has 2 aromatic carbocycles. The molecule has 2 aromatic rings. The Morgan fingerprint density at radius 1 is 1.07 bits per heavy atom. The third kappa shape index (κ3) is 4.17. The van der Waals surface area contributed by atoms with Gasteiger partial charge in [0.25, 0.3) is 17.5 Å². The summed E-state index contributed by atoms with van der Waals surface area (Å²) in [7, 11) is 0. The largest absolute Gasteiger partial charge is 0.492 e. The molecule has 0 bridgehead atoms. The third-order valence-corrected chi connectivity index (χ3v) is 4.53. The van der Waals surface area contributed by atoms with Crippen molar-refractivity contribution in [2.45, 2.75) is 20.8 Å². The normalized spacial score (nSPS) is 13.9. The van der Waals surface area contributed by atoms with Gasteiger partial charge < -0.3 is 10.1 Å². The predicted octanol–water partition coefficient (Wildman–Crippen LogP) is 3.84. The van der Waals surface area contributed by atoms with Crippen molar-refractivity contribution in [3.63, 3.8) is 0 Å². The highest BCUT2D eigenvalue weighted by Crippen LogP contribution is 2.34. The maximum Gasteiger partial charge on any atom is 0.278 e. The minimum absolute atomic E-state index is 0.0890. The standard InChI is InChI=1S/C22H23N3O5/c1-4-30-18-8-6-5-7-17(18)23-20-19(15-9-11-16(12-10-15)25(28)29)21(26)24(22(20)27)13-14(2)3/h5-12,14,23H,4,13H2,1-3H3. The van der Waals surface area contributed by atoms with Gasteiger partial charge in [-0.3, -0.25) is 24.6 Å². The molecule has 0 saturated heterocycles. The van der Waals surface area contributed by atoms with Crippen molar-refractivity contribution >= 4 is 28.8 Å². The summed E-state index contributed by atoms with van der Waals surface area (Å²) < 4.78 is 5.61. The van der Waals surface area contributed by atoms with Gasteiger partial charge in [-0.1, -0.05) is 26.0 Å². The monoisotopic (exact) mass is 409 g/mol. The molecule has 0 atom stereocenters. The molecular weight excluding hydrogens is 386 g/mol. The number of nitrogens with one attached hydrogen (secondary N) is 1. The maximum atomic E-state index is 13.1. The molecule has 0 aliphatic carbocycles. The lowest BCUT2D eigenvalue weighted by Gasteiger charge is -2.17. The van der Waals surface area contributed by atoms with E-state index in [9.17, 15) is 19.7 Å². The van der Waals surface area contributed by atoms with E-state index in [2.05, 4.69) is 5.32 Å². The molecule has 30 heavy (non-hydrogen) atoms. The van der Waals surface area contributed by atoms with Gasteiger partial charge in [0, 0.05) is 18.7 Å². The lowest BCUT2D eigenvalue weighted by Crippen LogP contribution is -2.35. The Bertz CT molecular complexity index is 1010. The van der Waals surface area contributed by atoms with Crippen LogP contribution in [0.3, 0.4) is 0 Å². The van der Waals surface area contributed by atoms with Crippen LogP contribution in [0.5, 0.6) is 5.75 Å². The summed E-state index contributed by atoms with van der Waals surface area (Å²) in [4.78, 5) is 37.9. The van der Waals surface area contributed by atoms with E-state index >= 15 is 0 Å². The Morgan fingerprint density at radius 3 is 2.33 bits per heavy atom. The molecule has 8 heteroatoms. The summed E-state index contributed by atoms with van der Waals surface area (Å²) in [5, 5.41) is 14.0. The van der Waals surface area contributed by atoms with Crippen molar-refractivity contribution in [3.05, 3.63) is 69.9 Å². The highest BCUT2D eigenvalue weighted by Gasteiger charge is 2.39. The van der Waals surface area contributed by atoms with Gasteiger partial charge in [-0.25, -0.2) is 0 Å². The van der Waals surface area contributed by atoms with Crippen molar-refractivity contribution in [3.8, 4) is 5.75 Å². The number of nitro benzene ring substituents is 1. The summed E-state index contributed by atoms with van der Waals surface area (Å²) in [5.74, 6) is -0.225. The van der Waals surface area contributed by atoms with E-state index in [0.717, 1.165) is 0 Å². The predicted molar refractivity (Wildman–Crippen MR) is 113 cm³/mol. The van der Waals surface area contributed by atoms with Crippen LogP contribution in [0.1, 0.15) is 26.3 Å². The van der Waals surface area contributed by atoms with Crippen LogP contribution in [-0.4, -0.2) is 34.8 Å². The van der Waals surface area contributed by atoms with Crippen molar-refractivity contribution < 1.29 is 19.2 Å². The Morgan fingerprint density at radius 2 is 1.73 bits per heavy atom. The number of ether oxygens (including phenoxy) is 1. The molecule has 0 aromatic heterocycles. The summed E-state index contributed by atoms with van der Waals surface area (Å²) in [6, 6.07) is 12.7. The van der Waals surface area contributed by atoms with E-state index in [-0.39, 0.29) is 29.4 Å². The van der Waals surface area contributed by atoms with E-state index in [0.29, 0.717) is 23.6 Å². The number of anilines is 1. The van der Waals surface area contributed by atoms with Crippen LogP contribution in [-0.2, 0) is 9.59 Å².